The first-order chi connectivity index (χ1) is 7.29. The van der Waals surface area contributed by atoms with E-state index in [0.717, 1.165) is 24.8 Å². The van der Waals surface area contributed by atoms with E-state index in [0.29, 0.717) is 0 Å². The number of rotatable bonds is 2. The first kappa shape index (κ1) is 11.4. The molecule has 1 saturated carbocycles. The summed E-state index contributed by atoms with van der Waals surface area (Å²) in [5.41, 5.74) is 0. The maximum absolute atomic E-state index is 9.49. The largest absolute Gasteiger partial charge is 0.393 e. The number of aliphatic hydroxyl groups excluding tert-OH is 1. The number of hydrogen-bond acceptors (Lipinski definition) is 2. The molecule has 1 saturated heterocycles. The molecule has 0 aromatic carbocycles. The van der Waals surface area contributed by atoms with Gasteiger partial charge in [0.2, 0.25) is 0 Å². The Labute approximate surface area is 93.7 Å². The van der Waals surface area contributed by atoms with Crippen molar-refractivity contribution in [3.05, 3.63) is 0 Å². The number of nitrogens with zero attached hydrogens (tertiary/aromatic N) is 1. The Kier molecular flexibility index (Phi) is 4.04. The molecule has 2 nitrogen and oxygen atoms in total. The minimum Gasteiger partial charge on any atom is -0.393 e. The van der Waals surface area contributed by atoms with Crippen LogP contribution < -0.4 is 0 Å². The zero-order valence-electron chi connectivity index (χ0n) is 9.99. The van der Waals surface area contributed by atoms with E-state index in [4.69, 9.17) is 0 Å². The highest BCUT2D eigenvalue weighted by Crippen LogP contribution is 2.28. The van der Waals surface area contributed by atoms with Gasteiger partial charge in [-0.15, -0.1) is 0 Å². The van der Waals surface area contributed by atoms with Crippen LogP contribution in [0.2, 0.25) is 0 Å². The van der Waals surface area contributed by atoms with Crippen LogP contribution >= 0.6 is 0 Å². The van der Waals surface area contributed by atoms with Crippen LogP contribution in [0.4, 0.5) is 0 Å². The highest BCUT2D eigenvalue weighted by atomic mass is 16.3. The van der Waals surface area contributed by atoms with Gasteiger partial charge in [0.25, 0.3) is 0 Å². The molecular formula is C13H25NO. The molecule has 0 amide bonds. The molecule has 1 aliphatic carbocycles. The molecule has 1 aliphatic heterocycles. The van der Waals surface area contributed by atoms with Crippen LogP contribution in [0.25, 0.3) is 0 Å². The number of aliphatic hydroxyl groups is 1. The summed E-state index contributed by atoms with van der Waals surface area (Å²) in [4.78, 5) is 2.68. The molecule has 2 fully saturated rings. The zero-order chi connectivity index (χ0) is 10.7. The van der Waals surface area contributed by atoms with E-state index in [2.05, 4.69) is 11.8 Å². The highest BCUT2D eigenvalue weighted by Gasteiger charge is 2.27. The minimum absolute atomic E-state index is 0.00516. The van der Waals surface area contributed by atoms with E-state index in [1.54, 1.807) is 0 Å². The third-order valence-corrected chi connectivity index (χ3v) is 4.41. The van der Waals surface area contributed by atoms with Gasteiger partial charge in [-0.2, -0.15) is 0 Å². The zero-order valence-corrected chi connectivity index (χ0v) is 9.99. The lowest BCUT2D eigenvalue weighted by molar-refractivity contribution is 0.0555. The normalized spacial score (nSPS) is 35.6. The second-order valence-corrected chi connectivity index (χ2v) is 5.35. The third-order valence-electron chi connectivity index (χ3n) is 4.41. The fourth-order valence-corrected chi connectivity index (χ4v) is 3.15. The second kappa shape index (κ2) is 5.31. The van der Waals surface area contributed by atoms with Crippen molar-refractivity contribution < 1.29 is 5.11 Å². The Morgan fingerprint density at radius 2 is 1.60 bits per heavy atom. The van der Waals surface area contributed by atoms with E-state index in [-0.39, 0.29) is 6.10 Å². The van der Waals surface area contributed by atoms with Crippen LogP contribution in [0.1, 0.15) is 51.9 Å². The summed E-state index contributed by atoms with van der Waals surface area (Å²) in [6.07, 6.45) is 8.64. The summed E-state index contributed by atoms with van der Waals surface area (Å²) in [6, 6.07) is 0.784. The highest BCUT2D eigenvalue weighted by molar-refractivity contribution is 4.82. The predicted octanol–water partition coefficient (Wildman–Crippen LogP) is 2.41. The summed E-state index contributed by atoms with van der Waals surface area (Å²) in [6.45, 7) is 4.93. The number of likely N-dealkylation sites (tertiary alicyclic amines) is 1. The minimum atomic E-state index is -0.00516. The van der Waals surface area contributed by atoms with Crippen molar-refractivity contribution in [1.82, 2.24) is 4.90 Å². The van der Waals surface area contributed by atoms with Gasteiger partial charge < -0.3 is 10.0 Å². The van der Waals surface area contributed by atoms with Gasteiger partial charge in [-0.1, -0.05) is 13.3 Å². The van der Waals surface area contributed by atoms with Crippen molar-refractivity contribution in [1.29, 1.82) is 0 Å². The molecule has 0 atom stereocenters. The lowest BCUT2D eigenvalue weighted by atomic mass is 9.88. The van der Waals surface area contributed by atoms with Gasteiger partial charge in [-0.25, -0.2) is 0 Å². The van der Waals surface area contributed by atoms with Crippen LogP contribution in [-0.2, 0) is 0 Å². The molecule has 0 aromatic rings. The van der Waals surface area contributed by atoms with Gasteiger partial charge in [0.15, 0.2) is 0 Å². The average molecular weight is 211 g/mol. The quantitative estimate of drug-likeness (QED) is 0.758. The van der Waals surface area contributed by atoms with E-state index in [1.807, 2.05) is 0 Å². The Morgan fingerprint density at radius 3 is 2.13 bits per heavy atom. The van der Waals surface area contributed by atoms with Gasteiger partial charge in [0, 0.05) is 6.04 Å². The number of hydrogen-bond donors (Lipinski definition) is 1. The molecule has 2 rings (SSSR count). The van der Waals surface area contributed by atoms with Crippen LogP contribution in [-0.4, -0.2) is 35.2 Å². The van der Waals surface area contributed by atoms with E-state index in [1.165, 1.54) is 45.2 Å². The molecule has 1 N–H and O–H groups in total. The molecule has 88 valence electrons. The second-order valence-electron chi connectivity index (χ2n) is 5.35. The Bertz CT molecular complexity index is 179. The smallest absolute Gasteiger partial charge is 0.0541 e. The van der Waals surface area contributed by atoms with Gasteiger partial charge >= 0.3 is 0 Å². The van der Waals surface area contributed by atoms with Crippen molar-refractivity contribution in [2.45, 2.75) is 64.0 Å². The van der Waals surface area contributed by atoms with Gasteiger partial charge in [-0.05, 0) is 57.5 Å². The molecule has 2 aliphatic rings. The summed E-state index contributed by atoms with van der Waals surface area (Å²) >= 11 is 0. The average Bonchev–Trinajstić information content (AvgIpc) is 2.30. The molecule has 15 heavy (non-hydrogen) atoms. The molecular weight excluding hydrogens is 186 g/mol. The standard InChI is InChI=1S/C13H25NO/c1-2-11-7-9-14(10-8-11)12-3-5-13(15)6-4-12/h11-13,15H,2-10H2,1H3. The van der Waals surface area contributed by atoms with Crippen molar-refractivity contribution in [2.75, 3.05) is 13.1 Å². The van der Waals surface area contributed by atoms with Gasteiger partial charge in [0.1, 0.15) is 0 Å². The van der Waals surface area contributed by atoms with Crippen molar-refractivity contribution in [3.63, 3.8) is 0 Å². The van der Waals surface area contributed by atoms with Crippen LogP contribution in [0.3, 0.4) is 0 Å². The summed E-state index contributed by atoms with van der Waals surface area (Å²) in [5, 5.41) is 9.49. The topological polar surface area (TPSA) is 23.5 Å². The number of piperidine rings is 1. The summed E-state index contributed by atoms with van der Waals surface area (Å²) in [7, 11) is 0. The molecule has 0 bridgehead atoms. The van der Waals surface area contributed by atoms with E-state index < -0.39 is 0 Å². The lowest BCUT2D eigenvalue weighted by Crippen LogP contribution is -2.43. The first-order valence-corrected chi connectivity index (χ1v) is 6.71. The van der Waals surface area contributed by atoms with Gasteiger partial charge in [-0.3, -0.25) is 0 Å². The first-order valence-electron chi connectivity index (χ1n) is 6.71. The fraction of sp³-hybridized carbons (Fsp3) is 1.00. The van der Waals surface area contributed by atoms with Crippen molar-refractivity contribution >= 4 is 0 Å². The van der Waals surface area contributed by atoms with Crippen molar-refractivity contribution in [3.8, 4) is 0 Å². The SMILES string of the molecule is CCC1CCN(C2CCC(O)CC2)CC1. The van der Waals surface area contributed by atoms with Crippen LogP contribution in [0.5, 0.6) is 0 Å². The summed E-state index contributed by atoms with van der Waals surface area (Å²) < 4.78 is 0. The molecule has 0 radical (unpaired) electrons. The maximum atomic E-state index is 9.49. The fourth-order valence-electron chi connectivity index (χ4n) is 3.15. The molecule has 2 heteroatoms. The maximum Gasteiger partial charge on any atom is 0.0541 e. The summed E-state index contributed by atoms with van der Waals surface area (Å²) in [5.74, 6) is 0.982. The van der Waals surface area contributed by atoms with E-state index in [9.17, 15) is 5.11 Å². The third kappa shape index (κ3) is 2.94. The van der Waals surface area contributed by atoms with Crippen LogP contribution in [0, 0.1) is 5.92 Å². The van der Waals surface area contributed by atoms with Gasteiger partial charge in [0.05, 0.1) is 6.10 Å². The molecule has 0 spiro atoms. The molecule has 0 unspecified atom stereocenters. The Balaban J connectivity index is 1.75. The Hall–Kier alpha value is -0.0800. The molecule has 0 aromatic heterocycles. The monoisotopic (exact) mass is 211 g/mol. The van der Waals surface area contributed by atoms with Crippen molar-refractivity contribution in [2.24, 2.45) is 5.92 Å². The van der Waals surface area contributed by atoms with Crippen LogP contribution in [0.15, 0.2) is 0 Å². The lowest BCUT2D eigenvalue weighted by Gasteiger charge is -2.40. The predicted molar refractivity (Wildman–Crippen MR) is 62.9 cm³/mol. The molecule has 1 heterocycles. The van der Waals surface area contributed by atoms with E-state index >= 15 is 0 Å². The Morgan fingerprint density at radius 1 is 1.00 bits per heavy atom.